The predicted molar refractivity (Wildman–Crippen MR) is 112 cm³/mol. The Kier molecular flexibility index (Phi) is 5.30. The van der Waals surface area contributed by atoms with Gasteiger partial charge in [0, 0.05) is 29.8 Å². The molecule has 0 radical (unpaired) electrons. The molecule has 30 heavy (non-hydrogen) atoms. The van der Waals surface area contributed by atoms with Crippen LogP contribution in [0, 0.1) is 5.92 Å². The monoisotopic (exact) mass is 403 g/mol. The van der Waals surface area contributed by atoms with E-state index in [9.17, 15) is 9.59 Å². The van der Waals surface area contributed by atoms with Gasteiger partial charge in [0.05, 0.1) is 12.0 Å². The minimum absolute atomic E-state index is 0.103. The Balaban J connectivity index is 1.45. The quantitative estimate of drug-likeness (QED) is 0.514. The molecule has 0 bridgehead atoms. The van der Waals surface area contributed by atoms with Gasteiger partial charge in [0.2, 0.25) is 11.7 Å². The van der Waals surface area contributed by atoms with Crippen LogP contribution in [0.4, 0.5) is 5.69 Å². The number of carbonyl (C=O) groups is 2. The zero-order chi connectivity index (χ0) is 21.1. The highest BCUT2D eigenvalue weighted by Crippen LogP contribution is 2.21. The number of furan rings is 1. The highest BCUT2D eigenvalue weighted by molar-refractivity contribution is 6.00. The van der Waals surface area contributed by atoms with Crippen molar-refractivity contribution in [3.8, 4) is 11.3 Å². The van der Waals surface area contributed by atoms with Crippen LogP contribution in [0.1, 0.15) is 24.4 Å². The molecule has 8 heteroatoms. The lowest BCUT2D eigenvalue weighted by Crippen LogP contribution is -2.47. The summed E-state index contributed by atoms with van der Waals surface area (Å²) in [5.41, 5.74) is 2.32. The first-order valence-corrected chi connectivity index (χ1v) is 9.56. The van der Waals surface area contributed by atoms with E-state index in [4.69, 9.17) is 4.42 Å². The minimum Gasteiger partial charge on any atom is -0.459 e. The van der Waals surface area contributed by atoms with Crippen LogP contribution >= 0.6 is 0 Å². The van der Waals surface area contributed by atoms with Crippen molar-refractivity contribution in [2.24, 2.45) is 5.92 Å². The molecule has 0 fully saturated rings. The van der Waals surface area contributed by atoms with Crippen molar-refractivity contribution in [1.82, 2.24) is 19.7 Å². The van der Waals surface area contributed by atoms with Crippen molar-refractivity contribution in [1.29, 1.82) is 0 Å². The van der Waals surface area contributed by atoms with Crippen LogP contribution in [0.2, 0.25) is 0 Å². The van der Waals surface area contributed by atoms with Gasteiger partial charge < -0.3 is 15.1 Å². The lowest BCUT2D eigenvalue weighted by Gasteiger charge is -2.21. The molecule has 1 atom stereocenters. The number of hydrogen-bond donors (Lipinski definition) is 2. The maximum Gasteiger partial charge on any atom is 0.287 e. The number of hydrogen-bond acceptors (Lipinski definition) is 5. The number of anilines is 1. The fraction of sp³-hybridized carbons (Fsp3) is 0.182. The predicted octanol–water partition coefficient (Wildman–Crippen LogP) is 3.38. The molecule has 3 heterocycles. The van der Waals surface area contributed by atoms with Gasteiger partial charge in [-0.2, -0.15) is 0 Å². The third kappa shape index (κ3) is 4.07. The molecule has 3 aromatic heterocycles. The third-order valence-corrected chi connectivity index (χ3v) is 4.66. The highest BCUT2D eigenvalue weighted by Gasteiger charge is 2.25. The number of aromatic nitrogens is 3. The number of benzene rings is 1. The number of amides is 2. The number of nitrogens with zero attached hydrogens (tertiary/aromatic N) is 3. The highest BCUT2D eigenvalue weighted by atomic mass is 16.3. The number of nitrogens with one attached hydrogen (secondary N) is 2. The summed E-state index contributed by atoms with van der Waals surface area (Å²) < 4.78 is 6.94. The van der Waals surface area contributed by atoms with Gasteiger partial charge in [-0.25, -0.2) is 9.97 Å². The van der Waals surface area contributed by atoms with Crippen LogP contribution < -0.4 is 10.6 Å². The van der Waals surface area contributed by atoms with E-state index < -0.39 is 11.9 Å². The number of rotatable bonds is 6. The molecule has 0 aliphatic carbocycles. The minimum atomic E-state index is -0.702. The average molecular weight is 403 g/mol. The topological polar surface area (TPSA) is 102 Å². The van der Waals surface area contributed by atoms with Crippen molar-refractivity contribution in [3.63, 3.8) is 0 Å². The van der Waals surface area contributed by atoms with Crippen LogP contribution in [-0.4, -0.2) is 32.2 Å². The molecule has 0 spiro atoms. The first-order chi connectivity index (χ1) is 14.5. The van der Waals surface area contributed by atoms with Crippen molar-refractivity contribution in [3.05, 3.63) is 73.1 Å². The fourth-order valence-electron chi connectivity index (χ4n) is 3.07. The summed E-state index contributed by atoms with van der Waals surface area (Å²) in [6, 6.07) is 11.7. The molecule has 4 aromatic rings. The molecule has 1 aromatic carbocycles. The van der Waals surface area contributed by atoms with E-state index in [0.717, 1.165) is 11.3 Å². The van der Waals surface area contributed by atoms with Crippen LogP contribution in [0.5, 0.6) is 0 Å². The molecule has 4 rings (SSSR count). The second-order valence-electron chi connectivity index (χ2n) is 7.19. The molecule has 1 unspecified atom stereocenters. The van der Waals surface area contributed by atoms with Crippen molar-refractivity contribution in [2.75, 3.05) is 5.32 Å². The number of imidazole rings is 1. The van der Waals surface area contributed by atoms with Gasteiger partial charge in [0.1, 0.15) is 6.04 Å². The maximum atomic E-state index is 12.8. The molecule has 2 amide bonds. The molecular weight excluding hydrogens is 382 g/mol. The Bertz CT molecular complexity index is 1130. The molecule has 2 N–H and O–H groups in total. The lowest BCUT2D eigenvalue weighted by atomic mass is 10.0. The molecule has 0 aliphatic heterocycles. The van der Waals surface area contributed by atoms with Gasteiger partial charge in [0.25, 0.3) is 5.91 Å². The maximum absolute atomic E-state index is 12.8. The van der Waals surface area contributed by atoms with Gasteiger partial charge in [-0.05, 0) is 36.2 Å². The zero-order valence-electron chi connectivity index (χ0n) is 16.6. The van der Waals surface area contributed by atoms with E-state index in [0.29, 0.717) is 11.5 Å². The number of fused-ring (bicyclic) bond motifs is 1. The standard InChI is InChI=1S/C22H21N5O3/c1-14(2)19(26-20(28)18-5-3-12-30-18)21(29)24-16-8-6-15(7-9-16)17-13-27-11-4-10-23-22(27)25-17/h3-14,19H,1-2H3,(H,24,29)(H,26,28). The fourth-order valence-corrected chi connectivity index (χ4v) is 3.07. The van der Waals surface area contributed by atoms with E-state index >= 15 is 0 Å². The van der Waals surface area contributed by atoms with Crippen molar-refractivity contribution < 1.29 is 14.0 Å². The van der Waals surface area contributed by atoms with Gasteiger partial charge in [-0.15, -0.1) is 0 Å². The van der Waals surface area contributed by atoms with Gasteiger partial charge >= 0.3 is 0 Å². The Morgan fingerprint density at radius 3 is 2.57 bits per heavy atom. The lowest BCUT2D eigenvalue weighted by molar-refractivity contribution is -0.118. The van der Waals surface area contributed by atoms with E-state index in [1.807, 2.05) is 48.8 Å². The first kappa shape index (κ1) is 19.4. The van der Waals surface area contributed by atoms with Crippen LogP contribution in [0.25, 0.3) is 17.0 Å². The van der Waals surface area contributed by atoms with Gasteiger partial charge in [-0.3, -0.25) is 14.0 Å². The van der Waals surface area contributed by atoms with E-state index in [1.54, 1.807) is 30.5 Å². The molecule has 0 saturated carbocycles. The Hall–Kier alpha value is -3.94. The van der Waals surface area contributed by atoms with E-state index in [1.165, 1.54) is 6.26 Å². The zero-order valence-corrected chi connectivity index (χ0v) is 16.6. The summed E-state index contributed by atoms with van der Waals surface area (Å²) in [7, 11) is 0. The van der Waals surface area contributed by atoms with Gasteiger partial charge in [0.15, 0.2) is 5.76 Å². The summed E-state index contributed by atoms with van der Waals surface area (Å²) in [6.07, 6.45) is 6.89. The third-order valence-electron chi connectivity index (χ3n) is 4.66. The molecule has 8 nitrogen and oxygen atoms in total. The molecular formula is C22H21N5O3. The van der Waals surface area contributed by atoms with Crippen LogP contribution in [0.3, 0.4) is 0 Å². The van der Waals surface area contributed by atoms with Gasteiger partial charge in [-0.1, -0.05) is 26.0 Å². The van der Waals surface area contributed by atoms with Crippen LogP contribution in [0.15, 0.2) is 71.7 Å². The summed E-state index contributed by atoms with van der Waals surface area (Å²) in [5, 5.41) is 5.58. The van der Waals surface area contributed by atoms with E-state index in [2.05, 4.69) is 20.6 Å². The normalized spacial score (nSPS) is 12.1. The summed E-state index contributed by atoms with van der Waals surface area (Å²) >= 11 is 0. The number of carbonyl (C=O) groups excluding carboxylic acids is 2. The summed E-state index contributed by atoms with van der Waals surface area (Å²) in [4.78, 5) is 33.7. The van der Waals surface area contributed by atoms with Crippen LogP contribution in [-0.2, 0) is 4.79 Å². The molecule has 0 aliphatic rings. The smallest absolute Gasteiger partial charge is 0.287 e. The van der Waals surface area contributed by atoms with E-state index in [-0.39, 0.29) is 17.6 Å². The molecule has 152 valence electrons. The Labute approximate surface area is 173 Å². The largest absolute Gasteiger partial charge is 0.459 e. The average Bonchev–Trinajstić information content (AvgIpc) is 3.42. The molecule has 0 saturated heterocycles. The second kappa shape index (κ2) is 8.20. The van der Waals surface area contributed by atoms with Crippen molar-refractivity contribution >= 4 is 23.3 Å². The second-order valence-corrected chi connectivity index (χ2v) is 7.19. The first-order valence-electron chi connectivity index (χ1n) is 9.56. The van der Waals surface area contributed by atoms with Crippen molar-refractivity contribution in [2.45, 2.75) is 19.9 Å². The summed E-state index contributed by atoms with van der Waals surface area (Å²) in [5.74, 6) is -0.0374. The SMILES string of the molecule is CC(C)C(NC(=O)c1ccco1)C(=O)Nc1ccc(-c2cn3cccnc3n2)cc1. The Morgan fingerprint density at radius 1 is 1.10 bits per heavy atom. The summed E-state index contributed by atoms with van der Waals surface area (Å²) in [6.45, 7) is 3.74. The Morgan fingerprint density at radius 2 is 1.90 bits per heavy atom.